The number of ether oxygens (including phenoxy) is 1. The van der Waals surface area contributed by atoms with Gasteiger partial charge in [-0.3, -0.25) is 19.3 Å². The minimum atomic E-state index is -0.840. The van der Waals surface area contributed by atoms with Crippen LogP contribution in [0, 0.1) is 11.3 Å². The third kappa shape index (κ3) is 3.47. The van der Waals surface area contributed by atoms with Crippen LogP contribution in [-0.2, 0) is 19.1 Å². The smallest absolute Gasteiger partial charge is 0.322 e. The minimum Gasteiger partial charge on any atom is -0.468 e. The second kappa shape index (κ2) is 6.80. The van der Waals surface area contributed by atoms with Gasteiger partial charge in [-0.25, -0.2) is 0 Å². The number of nitrogens with two attached hydrogens (primary N) is 1. The minimum absolute atomic E-state index is 0.150. The van der Waals surface area contributed by atoms with Crippen LogP contribution in [-0.4, -0.2) is 54.5 Å². The first-order valence-electron chi connectivity index (χ1n) is 8.55. The molecule has 7 heteroatoms. The molecule has 2 rings (SSSR count). The van der Waals surface area contributed by atoms with Gasteiger partial charge in [-0.2, -0.15) is 0 Å². The van der Waals surface area contributed by atoms with E-state index in [4.69, 9.17) is 5.73 Å². The van der Waals surface area contributed by atoms with Gasteiger partial charge in [0.25, 0.3) is 0 Å². The normalized spacial score (nSPS) is 25.0. The molecule has 24 heavy (non-hydrogen) atoms. The molecule has 2 atom stereocenters. The van der Waals surface area contributed by atoms with E-state index in [0.29, 0.717) is 6.42 Å². The summed E-state index contributed by atoms with van der Waals surface area (Å²) in [6.45, 7) is 7.02. The molecule has 0 radical (unpaired) electrons. The second-order valence-corrected chi connectivity index (χ2v) is 7.97. The van der Waals surface area contributed by atoms with Crippen LogP contribution in [0.1, 0.15) is 46.5 Å². The van der Waals surface area contributed by atoms with Crippen molar-refractivity contribution >= 4 is 17.8 Å². The molecule has 7 nitrogen and oxygen atoms in total. The van der Waals surface area contributed by atoms with Crippen molar-refractivity contribution in [3.63, 3.8) is 0 Å². The van der Waals surface area contributed by atoms with Gasteiger partial charge in [-0.15, -0.1) is 0 Å². The molecule has 1 spiro atoms. The Hall–Kier alpha value is -1.47. The second-order valence-electron chi connectivity index (χ2n) is 7.97. The first kappa shape index (κ1) is 18.9. The lowest BCUT2D eigenvalue weighted by molar-refractivity contribution is -0.155. The van der Waals surface area contributed by atoms with E-state index in [1.54, 1.807) is 0 Å². The van der Waals surface area contributed by atoms with E-state index in [-0.39, 0.29) is 18.2 Å². The Bertz CT molecular complexity index is 520. The molecular weight excluding hydrogens is 310 g/mol. The average molecular weight is 339 g/mol. The highest BCUT2D eigenvalue weighted by Crippen LogP contribution is 2.44. The van der Waals surface area contributed by atoms with E-state index < -0.39 is 28.9 Å². The monoisotopic (exact) mass is 339 g/mol. The van der Waals surface area contributed by atoms with Crippen LogP contribution in [0.4, 0.5) is 0 Å². The van der Waals surface area contributed by atoms with Crippen molar-refractivity contribution < 1.29 is 19.1 Å². The lowest BCUT2D eigenvalue weighted by atomic mass is 9.81. The molecule has 0 bridgehead atoms. The summed E-state index contributed by atoms with van der Waals surface area (Å²) in [7, 11) is 1.28. The molecular formula is C17H29N3O4. The van der Waals surface area contributed by atoms with Gasteiger partial charge < -0.3 is 15.8 Å². The van der Waals surface area contributed by atoms with Crippen molar-refractivity contribution in [2.75, 3.05) is 20.2 Å². The topological polar surface area (TPSA) is 102 Å². The Kier molecular flexibility index (Phi) is 5.34. The first-order valence-corrected chi connectivity index (χ1v) is 8.55. The fraction of sp³-hybridized carbons (Fsp3) is 0.824. The van der Waals surface area contributed by atoms with Crippen molar-refractivity contribution in [3.8, 4) is 0 Å². The number of rotatable bonds is 3. The molecule has 2 saturated heterocycles. The van der Waals surface area contributed by atoms with Gasteiger partial charge >= 0.3 is 5.97 Å². The zero-order valence-corrected chi connectivity index (χ0v) is 15.1. The molecule has 0 saturated carbocycles. The molecule has 0 aromatic rings. The van der Waals surface area contributed by atoms with E-state index in [1.807, 2.05) is 20.8 Å². The van der Waals surface area contributed by atoms with Crippen LogP contribution in [0.15, 0.2) is 0 Å². The maximum Gasteiger partial charge on any atom is 0.322 e. The van der Waals surface area contributed by atoms with Gasteiger partial charge in [0, 0.05) is 11.3 Å². The predicted octanol–water partition coefficient (Wildman–Crippen LogP) is 0.420. The number of carbonyl (C=O) groups excluding carboxylic acids is 3. The number of esters is 1. The number of methoxy groups -OCH3 is 1. The van der Waals surface area contributed by atoms with E-state index in [0.717, 1.165) is 25.9 Å². The summed E-state index contributed by atoms with van der Waals surface area (Å²) in [5.41, 5.74) is 4.77. The molecule has 2 heterocycles. The Morgan fingerprint density at radius 2 is 1.96 bits per heavy atom. The van der Waals surface area contributed by atoms with E-state index in [1.165, 1.54) is 12.0 Å². The van der Waals surface area contributed by atoms with Crippen LogP contribution in [0.5, 0.6) is 0 Å². The number of nitrogens with zero attached hydrogens (tertiary/aromatic N) is 1. The quantitative estimate of drug-likeness (QED) is 0.723. The van der Waals surface area contributed by atoms with Crippen molar-refractivity contribution in [1.82, 2.24) is 10.2 Å². The van der Waals surface area contributed by atoms with Gasteiger partial charge in [0.05, 0.1) is 12.6 Å². The van der Waals surface area contributed by atoms with Gasteiger partial charge in [0.15, 0.2) is 0 Å². The van der Waals surface area contributed by atoms with Gasteiger partial charge in [0.1, 0.15) is 6.04 Å². The number of likely N-dealkylation sites (tertiary alicyclic amines) is 1. The van der Waals surface area contributed by atoms with E-state index in [9.17, 15) is 14.4 Å². The molecule has 2 fully saturated rings. The zero-order valence-electron chi connectivity index (χ0n) is 15.1. The SMILES string of the molecule is COC(=O)C(N)CC1CC2(CCNCC2)N(C(=O)C(C)(C)C)C1=O. The number of imide groups is 1. The maximum absolute atomic E-state index is 13.0. The molecule has 136 valence electrons. The van der Waals surface area contributed by atoms with Crippen LogP contribution >= 0.6 is 0 Å². The van der Waals surface area contributed by atoms with Crippen LogP contribution in [0.3, 0.4) is 0 Å². The fourth-order valence-corrected chi connectivity index (χ4v) is 3.76. The van der Waals surface area contributed by atoms with Gasteiger partial charge in [0.2, 0.25) is 11.8 Å². The van der Waals surface area contributed by atoms with Crippen LogP contribution < -0.4 is 11.1 Å². The number of amides is 2. The number of carbonyl (C=O) groups is 3. The third-order valence-electron chi connectivity index (χ3n) is 5.09. The molecule has 0 aliphatic carbocycles. The largest absolute Gasteiger partial charge is 0.468 e. The predicted molar refractivity (Wildman–Crippen MR) is 88.9 cm³/mol. The Morgan fingerprint density at radius 3 is 2.46 bits per heavy atom. The van der Waals surface area contributed by atoms with Crippen LogP contribution in [0.2, 0.25) is 0 Å². The van der Waals surface area contributed by atoms with Crippen LogP contribution in [0.25, 0.3) is 0 Å². The first-order chi connectivity index (χ1) is 11.1. The number of hydrogen-bond donors (Lipinski definition) is 2. The summed E-state index contributed by atoms with van der Waals surface area (Å²) in [5, 5.41) is 3.28. The summed E-state index contributed by atoms with van der Waals surface area (Å²) in [4.78, 5) is 39.0. The van der Waals surface area contributed by atoms with Crippen molar-refractivity contribution in [2.45, 2.75) is 58.0 Å². The van der Waals surface area contributed by atoms with Crippen molar-refractivity contribution in [2.24, 2.45) is 17.1 Å². The highest BCUT2D eigenvalue weighted by molar-refractivity contribution is 6.01. The highest BCUT2D eigenvalue weighted by Gasteiger charge is 2.55. The summed E-state index contributed by atoms with van der Waals surface area (Å²) < 4.78 is 4.66. The van der Waals surface area contributed by atoms with Gasteiger partial charge in [-0.1, -0.05) is 20.8 Å². The molecule has 2 unspecified atom stereocenters. The van der Waals surface area contributed by atoms with E-state index in [2.05, 4.69) is 10.1 Å². The van der Waals surface area contributed by atoms with Gasteiger partial charge in [-0.05, 0) is 38.8 Å². The molecule has 2 aliphatic rings. The molecule has 0 aromatic carbocycles. The molecule has 0 aromatic heterocycles. The number of hydrogen-bond acceptors (Lipinski definition) is 6. The lowest BCUT2D eigenvalue weighted by Gasteiger charge is -2.42. The average Bonchev–Trinajstić information content (AvgIpc) is 2.77. The summed E-state index contributed by atoms with van der Waals surface area (Å²) in [6, 6.07) is -0.840. The standard InChI is InChI=1S/C17H29N3O4/c1-16(2,3)15(23)20-13(21)11(9-12(18)14(22)24-4)10-17(20)5-7-19-8-6-17/h11-12,19H,5-10,18H2,1-4H3. The molecule has 3 N–H and O–H groups in total. The summed E-state index contributed by atoms with van der Waals surface area (Å²) in [5.74, 6) is -1.29. The fourth-order valence-electron chi connectivity index (χ4n) is 3.76. The van der Waals surface area contributed by atoms with E-state index >= 15 is 0 Å². The highest BCUT2D eigenvalue weighted by atomic mass is 16.5. The number of piperidine rings is 1. The number of nitrogens with one attached hydrogen (secondary N) is 1. The van der Waals surface area contributed by atoms with Crippen molar-refractivity contribution in [3.05, 3.63) is 0 Å². The van der Waals surface area contributed by atoms with Crippen molar-refractivity contribution in [1.29, 1.82) is 0 Å². The summed E-state index contributed by atoms with van der Waals surface area (Å²) >= 11 is 0. The third-order valence-corrected chi connectivity index (χ3v) is 5.09. The maximum atomic E-state index is 13.0. The zero-order chi connectivity index (χ0) is 18.1. The molecule has 2 aliphatic heterocycles. The lowest BCUT2D eigenvalue weighted by Crippen LogP contribution is -2.57. The summed E-state index contributed by atoms with van der Waals surface area (Å²) in [6.07, 6.45) is 2.27. The Balaban J connectivity index is 2.27. The molecule has 2 amide bonds. The Labute approximate surface area is 143 Å². The Morgan fingerprint density at radius 1 is 1.38 bits per heavy atom.